The molecule has 1 aromatic carbocycles. The summed E-state index contributed by atoms with van der Waals surface area (Å²) in [5, 5.41) is 19.9. The molecule has 3 atom stereocenters. The van der Waals surface area contributed by atoms with E-state index in [0.717, 1.165) is 18.4 Å². The minimum absolute atomic E-state index is 0.225. The molecule has 0 heterocycles. The van der Waals surface area contributed by atoms with Gasteiger partial charge in [0, 0.05) is 5.92 Å². The summed E-state index contributed by atoms with van der Waals surface area (Å²) in [6.07, 6.45) is 7.73. The van der Waals surface area contributed by atoms with E-state index in [9.17, 15) is 15.0 Å². The summed E-state index contributed by atoms with van der Waals surface area (Å²) in [5.41, 5.74) is 3.57. The molecule has 20 heavy (non-hydrogen) atoms. The van der Waals surface area contributed by atoms with Crippen LogP contribution in [0.3, 0.4) is 0 Å². The van der Waals surface area contributed by atoms with Gasteiger partial charge >= 0.3 is 5.97 Å². The van der Waals surface area contributed by atoms with Gasteiger partial charge in [-0.2, -0.15) is 0 Å². The molecule has 3 rings (SSSR count). The van der Waals surface area contributed by atoms with Crippen molar-refractivity contribution in [2.75, 3.05) is 0 Å². The number of fused-ring (bicyclic) bond motifs is 1. The van der Waals surface area contributed by atoms with Gasteiger partial charge in [-0.05, 0) is 48.8 Å². The molecule has 3 nitrogen and oxygen atoms in total. The molecule has 2 aliphatic rings. The predicted molar refractivity (Wildman–Crippen MR) is 76.4 cm³/mol. The zero-order valence-electron chi connectivity index (χ0n) is 11.5. The van der Waals surface area contributed by atoms with Crippen LogP contribution in [-0.4, -0.2) is 16.2 Å². The second-order valence-corrected chi connectivity index (χ2v) is 5.88. The molecule has 0 radical (unpaired) electrons. The first-order chi connectivity index (χ1) is 9.66. The highest BCUT2D eigenvalue weighted by atomic mass is 16.4. The van der Waals surface area contributed by atoms with Crippen molar-refractivity contribution in [2.24, 2.45) is 11.8 Å². The van der Waals surface area contributed by atoms with E-state index in [1.807, 2.05) is 18.2 Å². The number of carbonyl (C=O) groups is 1. The Balaban J connectivity index is 1.85. The number of aryl methyl sites for hydroxylation is 2. The highest BCUT2D eigenvalue weighted by Crippen LogP contribution is 2.37. The second kappa shape index (κ2) is 5.41. The Hall–Kier alpha value is -1.61. The molecule has 0 saturated carbocycles. The van der Waals surface area contributed by atoms with E-state index in [4.69, 9.17) is 0 Å². The Labute approximate surface area is 118 Å². The molecule has 0 saturated heterocycles. The predicted octanol–water partition coefficient (Wildman–Crippen LogP) is 2.88. The standard InChI is InChI=1S/C17H20O3/c18-16(14-6-1-2-7-15(14)17(19)20)13-9-8-11-4-3-5-12(11)10-13/h1-2,8-10,14-16,18H,3-7H2,(H,19,20). The van der Waals surface area contributed by atoms with Crippen molar-refractivity contribution in [1.82, 2.24) is 0 Å². The summed E-state index contributed by atoms with van der Waals surface area (Å²) >= 11 is 0. The Morgan fingerprint density at radius 2 is 1.90 bits per heavy atom. The van der Waals surface area contributed by atoms with Crippen molar-refractivity contribution in [2.45, 2.75) is 38.2 Å². The third kappa shape index (κ3) is 2.38. The van der Waals surface area contributed by atoms with Crippen LogP contribution in [0.25, 0.3) is 0 Å². The average Bonchev–Trinajstić information content (AvgIpc) is 2.93. The number of carboxylic acid groups (broad SMARTS) is 1. The van der Waals surface area contributed by atoms with Gasteiger partial charge in [-0.3, -0.25) is 4.79 Å². The molecule has 0 amide bonds. The van der Waals surface area contributed by atoms with Crippen molar-refractivity contribution in [3.63, 3.8) is 0 Å². The number of benzene rings is 1. The first-order valence-corrected chi connectivity index (χ1v) is 7.34. The molecule has 106 valence electrons. The van der Waals surface area contributed by atoms with E-state index in [-0.39, 0.29) is 5.92 Å². The van der Waals surface area contributed by atoms with Crippen LogP contribution >= 0.6 is 0 Å². The van der Waals surface area contributed by atoms with E-state index in [1.165, 1.54) is 17.5 Å². The van der Waals surface area contributed by atoms with E-state index < -0.39 is 18.0 Å². The zero-order chi connectivity index (χ0) is 14.1. The SMILES string of the molecule is O=C(O)C1CC=CCC1C(O)c1ccc2c(c1)CCC2. The molecule has 0 aliphatic heterocycles. The van der Waals surface area contributed by atoms with Crippen molar-refractivity contribution in [1.29, 1.82) is 0 Å². The fourth-order valence-corrected chi connectivity index (χ4v) is 3.49. The van der Waals surface area contributed by atoms with Crippen molar-refractivity contribution in [3.8, 4) is 0 Å². The van der Waals surface area contributed by atoms with E-state index in [2.05, 4.69) is 12.1 Å². The van der Waals surface area contributed by atoms with Crippen LogP contribution in [0.2, 0.25) is 0 Å². The fourth-order valence-electron chi connectivity index (χ4n) is 3.49. The van der Waals surface area contributed by atoms with Crippen molar-refractivity contribution in [3.05, 3.63) is 47.0 Å². The first kappa shape index (κ1) is 13.4. The Bertz CT molecular complexity index is 547. The minimum atomic E-state index is -0.806. The number of rotatable bonds is 3. The number of carboxylic acids is 1. The van der Waals surface area contributed by atoms with Gasteiger partial charge in [0.1, 0.15) is 0 Å². The third-order valence-electron chi connectivity index (χ3n) is 4.67. The van der Waals surface area contributed by atoms with Crippen molar-refractivity contribution < 1.29 is 15.0 Å². The molecule has 0 spiro atoms. The van der Waals surface area contributed by atoms with E-state index >= 15 is 0 Å². The van der Waals surface area contributed by atoms with Gasteiger partial charge in [0.25, 0.3) is 0 Å². The van der Waals surface area contributed by atoms with Crippen LogP contribution in [0, 0.1) is 11.8 Å². The van der Waals surface area contributed by atoms with Gasteiger partial charge < -0.3 is 10.2 Å². The lowest BCUT2D eigenvalue weighted by atomic mass is 9.77. The summed E-state index contributed by atoms with van der Waals surface area (Å²) in [6, 6.07) is 6.13. The number of aliphatic carboxylic acids is 1. The molecule has 0 fully saturated rings. The van der Waals surface area contributed by atoms with Gasteiger partial charge in [-0.25, -0.2) is 0 Å². The van der Waals surface area contributed by atoms with Gasteiger partial charge in [0.15, 0.2) is 0 Å². The lowest BCUT2D eigenvalue weighted by molar-refractivity contribution is -0.145. The number of aliphatic hydroxyl groups excluding tert-OH is 1. The lowest BCUT2D eigenvalue weighted by Crippen LogP contribution is -2.29. The van der Waals surface area contributed by atoms with Crippen LogP contribution in [0.5, 0.6) is 0 Å². The third-order valence-corrected chi connectivity index (χ3v) is 4.67. The molecule has 2 N–H and O–H groups in total. The maximum absolute atomic E-state index is 11.3. The van der Waals surface area contributed by atoms with Gasteiger partial charge in [0.2, 0.25) is 0 Å². The molecule has 3 unspecified atom stereocenters. The summed E-state index contributed by atoms with van der Waals surface area (Å²) in [5.74, 6) is -1.51. The molecule has 1 aromatic rings. The molecule has 0 bridgehead atoms. The number of aliphatic hydroxyl groups is 1. The summed E-state index contributed by atoms with van der Waals surface area (Å²) in [6.45, 7) is 0. The molecule has 2 aliphatic carbocycles. The summed E-state index contributed by atoms with van der Waals surface area (Å²) in [4.78, 5) is 11.3. The van der Waals surface area contributed by atoms with Crippen LogP contribution in [-0.2, 0) is 17.6 Å². The Morgan fingerprint density at radius 3 is 2.70 bits per heavy atom. The summed E-state index contributed by atoms with van der Waals surface area (Å²) < 4.78 is 0. The average molecular weight is 272 g/mol. The maximum atomic E-state index is 11.3. The molecular weight excluding hydrogens is 252 g/mol. The number of hydrogen-bond acceptors (Lipinski definition) is 2. The quantitative estimate of drug-likeness (QED) is 0.832. The molecular formula is C17H20O3. The minimum Gasteiger partial charge on any atom is -0.481 e. The largest absolute Gasteiger partial charge is 0.481 e. The molecule has 3 heteroatoms. The van der Waals surface area contributed by atoms with Gasteiger partial charge in [0.05, 0.1) is 12.0 Å². The zero-order valence-corrected chi connectivity index (χ0v) is 11.5. The van der Waals surface area contributed by atoms with E-state index in [0.29, 0.717) is 12.8 Å². The van der Waals surface area contributed by atoms with Crippen molar-refractivity contribution >= 4 is 5.97 Å². The van der Waals surface area contributed by atoms with E-state index in [1.54, 1.807) is 0 Å². The summed E-state index contributed by atoms with van der Waals surface area (Å²) in [7, 11) is 0. The highest BCUT2D eigenvalue weighted by molar-refractivity contribution is 5.71. The monoisotopic (exact) mass is 272 g/mol. The first-order valence-electron chi connectivity index (χ1n) is 7.34. The van der Waals surface area contributed by atoms with Crippen LogP contribution in [0.4, 0.5) is 0 Å². The second-order valence-electron chi connectivity index (χ2n) is 5.88. The van der Waals surface area contributed by atoms with Gasteiger partial charge in [-0.1, -0.05) is 30.4 Å². The smallest absolute Gasteiger partial charge is 0.307 e. The van der Waals surface area contributed by atoms with Crippen LogP contribution < -0.4 is 0 Å². The number of hydrogen-bond donors (Lipinski definition) is 2. The van der Waals surface area contributed by atoms with Crippen LogP contribution in [0.15, 0.2) is 30.4 Å². The van der Waals surface area contributed by atoms with Crippen LogP contribution in [0.1, 0.15) is 42.1 Å². The lowest BCUT2D eigenvalue weighted by Gasteiger charge is -2.30. The normalized spacial score (nSPS) is 26.2. The maximum Gasteiger partial charge on any atom is 0.307 e. The topological polar surface area (TPSA) is 57.5 Å². The Morgan fingerprint density at radius 1 is 1.15 bits per heavy atom. The van der Waals surface area contributed by atoms with Gasteiger partial charge in [-0.15, -0.1) is 0 Å². The fraction of sp³-hybridized carbons (Fsp3) is 0.471. The Kier molecular flexibility index (Phi) is 3.62. The molecule has 0 aromatic heterocycles. The number of allylic oxidation sites excluding steroid dienone is 2. The highest BCUT2D eigenvalue weighted by Gasteiger charge is 2.34.